The number of nitrogens with one attached hydrogen (secondary N) is 1. The molecule has 1 atom stereocenters. The third-order valence-corrected chi connectivity index (χ3v) is 3.59. The molecule has 21 heavy (non-hydrogen) atoms. The van der Waals surface area contributed by atoms with Gasteiger partial charge < -0.3 is 9.73 Å². The van der Waals surface area contributed by atoms with Gasteiger partial charge in [-0.3, -0.25) is 0 Å². The first-order chi connectivity index (χ1) is 10.2. The lowest BCUT2D eigenvalue weighted by molar-refractivity contribution is 0.577. The van der Waals surface area contributed by atoms with Crippen molar-refractivity contribution in [1.29, 1.82) is 0 Å². The van der Waals surface area contributed by atoms with Crippen LogP contribution in [0, 0.1) is 6.92 Å². The Labute approximate surface area is 124 Å². The summed E-state index contributed by atoms with van der Waals surface area (Å²) in [5.74, 6) is 2.16. The van der Waals surface area contributed by atoms with Gasteiger partial charge >= 0.3 is 0 Å². The summed E-state index contributed by atoms with van der Waals surface area (Å²) in [6, 6.07) is 10.3. The molecule has 2 aromatic heterocycles. The van der Waals surface area contributed by atoms with E-state index in [4.69, 9.17) is 4.42 Å². The Morgan fingerprint density at radius 2 is 2.10 bits per heavy atom. The highest BCUT2D eigenvalue weighted by molar-refractivity contribution is 5.91. The van der Waals surface area contributed by atoms with Gasteiger partial charge in [0, 0.05) is 11.4 Å². The number of benzene rings is 1. The normalized spacial score (nSPS) is 12.5. The molecular weight excluding hydrogens is 262 g/mol. The highest BCUT2D eigenvalue weighted by atomic mass is 16.3. The molecule has 0 amide bonds. The zero-order valence-electron chi connectivity index (χ0n) is 12.6. The summed E-state index contributed by atoms with van der Waals surface area (Å²) in [5, 5.41) is 4.52. The number of furan rings is 1. The second-order valence-electron chi connectivity index (χ2n) is 5.35. The van der Waals surface area contributed by atoms with Gasteiger partial charge in [-0.15, -0.1) is 0 Å². The first kappa shape index (κ1) is 13.6. The van der Waals surface area contributed by atoms with Crippen molar-refractivity contribution >= 4 is 16.7 Å². The molecule has 1 N–H and O–H groups in total. The van der Waals surface area contributed by atoms with Crippen LogP contribution in [0.5, 0.6) is 0 Å². The van der Waals surface area contributed by atoms with Crippen LogP contribution in [0.15, 0.2) is 41.0 Å². The van der Waals surface area contributed by atoms with E-state index in [1.54, 1.807) is 6.26 Å². The molecule has 0 aliphatic carbocycles. The molecule has 4 heteroatoms. The SMILES string of the molecule is CC[C@H](C)Nc1nc(-c2ccco2)nc2ccc(C)cc12. The lowest BCUT2D eigenvalue weighted by atomic mass is 10.1. The number of nitrogens with zero attached hydrogens (tertiary/aromatic N) is 2. The summed E-state index contributed by atoms with van der Waals surface area (Å²) in [5.41, 5.74) is 2.12. The zero-order chi connectivity index (χ0) is 14.8. The number of aromatic nitrogens is 2. The van der Waals surface area contributed by atoms with Crippen LogP contribution in [0.25, 0.3) is 22.5 Å². The fourth-order valence-corrected chi connectivity index (χ4v) is 2.20. The van der Waals surface area contributed by atoms with Crippen molar-refractivity contribution in [1.82, 2.24) is 9.97 Å². The van der Waals surface area contributed by atoms with Crippen molar-refractivity contribution in [3.8, 4) is 11.6 Å². The number of rotatable bonds is 4. The maximum Gasteiger partial charge on any atom is 0.198 e. The van der Waals surface area contributed by atoms with Crippen LogP contribution in [0.3, 0.4) is 0 Å². The molecule has 1 aromatic carbocycles. The molecule has 2 heterocycles. The van der Waals surface area contributed by atoms with E-state index in [0.717, 1.165) is 23.1 Å². The number of fused-ring (bicyclic) bond motifs is 1. The predicted molar refractivity (Wildman–Crippen MR) is 85.4 cm³/mol. The van der Waals surface area contributed by atoms with Crippen LogP contribution in [0.4, 0.5) is 5.82 Å². The lowest BCUT2D eigenvalue weighted by Crippen LogP contribution is -2.15. The number of anilines is 1. The Morgan fingerprint density at radius 3 is 2.81 bits per heavy atom. The third-order valence-electron chi connectivity index (χ3n) is 3.59. The summed E-state index contributed by atoms with van der Waals surface area (Å²) in [6.45, 7) is 6.38. The second-order valence-corrected chi connectivity index (χ2v) is 5.35. The van der Waals surface area contributed by atoms with Crippen molar-refractivity contribution < 1.29 is 4.42 Å². The van der Waals surface area contributed by atoms with E-state index in [1.165, 1.54) is 5.56 Å². The van der Waals surface area contributed by atoms with E-state index in [1.807, 2.05) is 18.2 Å². The summed E-state index contributed by atoms with van der Waals surface area (Å²) in [4.78, 5) is 9.26. The minimum atomic E-state index is 0.355. The molecule has 4 nitrogen and oxygen atoms in total. The van der Waals surface area contributed by atoms with E-state index < -0.39 is 0 Å². The molecule has 0 aliphatic heterocycles. The molecule has 0 saturated carbocycles. The van der Waals surface area contributed by atoms with Crippen LogP contribution in [0.2, 0.25) is 0 Å². The summed E-state index contributed by atoms with van der Waals surface area (Å²) < 4.78 is 5.43. The predicted octanol–water partition coefficient (Wildman–Crippen LogP) is 4.41. The minimum Gasteiger partial charge on any atom is -0.461 e. The Hall–Kier alpha value is -2.36. The van der Waals surface area contributed by atoms with E-state index >= 15 is 0 Å². The Kier molecular flexibility index (Phi) is 3.60. The van der Waals surface area contributed by atoms with Gasteiger partial charge in [-0.2, -0.15) is 0 Å². The van der Waals surface area contributed by atoms with Gasteiger partial charge in [0.05, 0.1) is 11.8 Å². The molecule has 0 saturated heterocycles. The number of hydrogen-bond donors (Lipinski definition) is 1. The van der Waals surface area contributed by atoms with Crippen LogP contribution in [0.1, 0.15) is 25.8 Å². The largest absolute Gasteiger partial charge is 0.461 e. The quantitative estimate of drug-likeness (QED) is 0.769. The molecule has 0 aliphatic rings. The third kappa shape index (κ3) is 2.75. The zero-order valence-corrected chi connectivity index (χ0v) is 12.6. The molecule has 0 spiro atoms. The fraction of sp³-hybridized carbons (Fsp3) is 0.294. The molecule has 0 radical (unpaired) electrons. The van der Waals surface area contributed by atoms with Crippen LogP contribution in [-0.2, 0) is 0 Å². The molecular formula is C17H19N3O. The van der Waals surface area contributed by atoms with Gasteiger partial charge in [0.1, 0.15) is 5.82 Å². The second kappa shape index (κ2) is 5.56. The average molecular weight is 281 g/mol. The van der Waals surface area contributed by atoms with Crippen molar-refractivity contribution in [2.24, 2.45) is 0 Å². The van der Waals surface area contributed by atoms with E-state index in [0.29, 0.717) is 17.6 Å². The van der Waals surface area contributed by atoms with Gasteiger partial charge in [-0.05, 0) is 44.5 Å². The van der Waals surface area contributed by atoms with Crippen LogP contribution < -0.4 is 5.32 Å². The molecule has 0 unspecified atom stereocenters. The van der Waals surface area contributed by atoms with Crippen molar-refractivity contribution in [3.63, 3.8) is 0 Å². The topological polar surface area (TPSA) is 51.0 Å². The van der Waals surface area contributed by atoms with Gasteiger partial charge in [-0.1, -0.05) is 18.6 Å². The molecule has 0 fully saturated rings. The van der Waals surface area contributed by atoms with Crippen molar-refractivity contribution in [3.05, 3.63) is 42.2 Å². The monoisotopic (exact) mass is 281 g/mol. The summed E-state index contributed by atoms with van der Waals surface area (Å²) in [6.07, 6.45) is 2.67. The Bertz CT molecular complexity index is 750. The van der Waals surface area contributed by atoms with Gasteiger partial charge in [-0.25, -0.2) is 9.97 Å². The minimum absolute atomic E-state index is 0.355. The van der Waals surface area contributed by atoms with E-state index in [9.17, 15) is 0 Å². The fourth-order valence-electron chi connectivity index (χ4n) is 2.20. The Morgan fingerprint density at radius 1 is 1.24 bits per heavy atom. The van der Waals surface area contributed by atoms with Crippen molar-refractivity contribution in [2.75, 3.05) is 5.32 Å². The smallest absolute Gasteiger partial charge is 0.198 e. The molecule has 108 valence electrons. The average Bonchev–Trinajstić information content (AvgIpc) is 3.01. The first-order valence-electron chi connectivity index (χ1n) is 7.26. The number of hydrogen-bond acceptors (Lipinski definition) is 4. The first-order valence-corrected chi connectivity index (χ1v) is 7.26. The summed E-state index contributed by atoms with van der Waals surface area (Å²) in [7, 11) is 0. The molecule has 0 bridgehead atoms. The van der Waals surface area contributed by atoms with Crippen LogP contribution >= 0.6 is 0 Å². The van der Waals surface area contributed by atoms with Gasteiger partial charge in [0.2, 0.25) is 0 Å². The number of aryl methyl sites for hydroxylation is 1. The maximum absolute atomic E-state index is 5.43. The Balaban J connectivity index is 2.17. The standard InChI is InChI=1S/C17H19N3O/c1-4-12(3)18-16-13-10-11(2)7-8-14(13)19-17(20-16)15-6-5-9-21-15/h5-10,12H,4H2,1-3H3,(H,18,19,20)/t12-/m0/s1. The molecule has 3 rings (SSSR count). The van der Waals surface area contributed by atoms with Crippen molar-refractivity contribution in [2.45, 2.75) is 33.2 Å². The summed E-state index contributed by atoms with van der Waals surface area (Å²) >= 11 is 0. The van der Waals surface area contributed by atoms with E-state index in [2.05, 4.69) is 48.2 Å². The van der Waals surface area contributed by atoms with E-state index in [-0.39, 0.29) is 0 Å². The molecule has 3 aromatic rings. The lowest BCUT2D eigenvalue weighted by Gasteiger charge is -2.15. The van der Waals surface area contributed by atoms with Crippen LogP contribution in [-0.4, -0.2) is 16.0 Å². The highest BCUT2D eigenvalue weighted by Gasteiger charge is 2.12. The van der Waals surface area contributed by atoms with Gasteiger partial charge in [0.25, 0.3) is 0 Å². The highest BCUT2D eigenvalue weighted by Crippen LogP contribution is 2.26. The van der Waals surface area contributed by atoms with Gasteiger partial charge in [0.15, 0.2) is 11.6 Å². The maximum atomic E-state index is 5.43.